The number of para-hydroxylation sites is 2. The van der Waals surface area contributed by atoms with Crippen molar-refractivity contribution in [2.45, 2.75) is 45.2 Å². The first kappa shape index (κ1) is 19.6. The van der Waals surface area contributed by atoms with E-state index in [2.05, 4.69) is 115 Å². The average Bonchev–Trinajstić information content (AvgIpc) is 3.14. The normalized spacial score (nSPS) is 19.4. The Balaban J connectivity index is 1.75. The van der Waals surface area contributed by atoms with Gasteiger partial charge in [-0.2, -0.15) is 5.10 Å². The summed E-state index contributed by atoms with van der Waals surface area (Å²) in [5.74, 6) is 0. The van der Waals surface area contributed by atoms with Gasteiger partial charge in [0.1, 0.15) is 0 Å². The molecule has 2 atom stereocenters. The average molecular weight is 408 g/mol. The molecule has 0 saturated carbocycles. The van der Waals surface area contributed by atoms with Gasteiger partial charge in [0.2, 0.25) is 0 Å². The molecule has 0 radical (unpaired) electrons. The van der Waals surface area contributed by atoms with Crippen LogP contribution in [0.1, 0.15) is 38.7 Å². The molecule has 1 aromatic heterocycles. The van der Waals surface area contributed by atoms with Gasteiger partial charge < -0.3 is 4.57 Å². The molecule has 1 fully saturated rings. The molecule has 2 unspecified atom stereocenters. The Bertz CT molecular complexity index is 1180. The number of aromatic nitrogens is 1. The first-order valence-electron chi connectivity index (χ1n) is 11.3. The zero-order valence-electron chi connectivity index (χ0n) is 18.3. The van der Waals surface area contributed by atoms with Crippen molar-refractivity contribution < 1.29 is 0 Å². The molecule has 1 saturated heterocycles. The van der Waals surface area contributed by atoms with Gasteiger partial charge >= 0.3 is 0 Å². The Kier molecular flexibility index (Phi) is 5.33. The van der Waals surface area contributed by atoms with Crippen molar-refractivity contribution in [1.82, 2.24) is 9.58 Å². The fraction of sp³-hybridized carbons (Fsp3) is 0.250. The summed E-state index contributed by atoms with van der Waals surface area (Å²) in [6.07, 6.45) is 5.80. The van der Waals surface area contributed by atoms with Crippen LogP contribution >= 0.6 is 0 Å². The number of nitrogens with zero attached hydrogens (tertiary/aromatic N) is 3. The van der Waals surface area contributed by atoms with Crippen molar-refractivity contribution in [1.29, 1.82) is 0 Å². The molecule has 3 heteroatoms. The summed E-state index contributed by atoms with van der Waals surface area (Å²) in [4.78, 5) is 0. The second kappa shape index (κ2) is 8.43. The number of hydrogen-bond acceptors (Lipinski definition) is 2. The van der Waals surface area contributed by atoms with E-state index in [-0.39, 0.29) is 0 Å². The van der Waals surface area contributed by atoms with Gasteiger partial charge in [-0.3, -0.25) is 5.01 Å². The van der Waals surface area contributed by atoms with Crippen LogP contribution in [0.15, 0.2) is 90.0 Å². The van der Waals surface area contributed by atoms with E-state index in [0.717, 1.165) is 5.69 Å². The molecule has 2 heterocycles. The van der Waals surface area contributed by atoms with Gasteiger partial charge in [-0.25, -0.2) is 0 Å². The predicted octanol–water partition coefficient (Wildman–Crippen LogP) is 6.89. The minimum absolute atomic E-state index is 0.475. The summed E-state index contributed by atoms with van der Waals surface area (Å²) in [5.41, 5.74) is 5.93. The first-order valence-corrected chi connectivity index (χ1v) is 11.3. The Morgan fingerprint density at radius 1 is 0.774 bits per heavy atom. The Morgan fingerprint density at radius 2 is 1.39 bits per heavy atom. The fourth-order valence-electron chi connectivity index (χ4n) is 4.88. The molecule has 0 amide bonds. The largest absolute Gasteiger partial charge is 0.309 e. The Hall–Kier alpha value is -3.33. The summed E-state index contributed by atoms with van der Waals surface area (Å²) in [6.45, 7) is 4.58. The van der Waals surface area contributed by atoms with E-state index in [4.69, 9.17) is 5.10 Å². The van der Waals surface area contributed by atoms with Crippen molar-refractivity contribution >= 4 is 17.1 Å². The summed E-state index contributed by atoms with van der Waals surface area (Å²) < 4.78 is 2.37. The van der Waals surface area contributed by atoms with Gasteiger partial charge in [-0.15, -0.1) is 0 Å². The zero-order chi connectivity index (χ0) is 21.2. The molecule has 5 rings (SSSR count). The summed E-state index contributed by atoms with van der Waals surface area (Å²) in [5, 5.41) is 8.58. The van der Waals surface area contributed by atoms with Crippen LogP contribution in [0.2, 0.25) is 0 Å². The van der Waals surface area contributed by atoms with Crippen LogP contribution in [0.5, 0.6) is 0 Å². The van der Waals surface area contributed by atoms with E-state index in [0.29, 0.717) is 12.1 Å². The minimum Gasteiger partial charge on any atom is -0.309 e. The lowest BCUT2D eigenvalue weighted by Crippen LogP contribution is -2.39. The number of fused-ring (bicyclic) bond motifs is 1. The maximum Gasteiger partial charge on any atom is 0.0629 e. The highest BCUT2D eigenvalue weighted by molar-refractivity contribution is 6.07. The smallest absolute Gasteiger partial charge is 0.0629 e. The van der Waals surface area contributed by atoms with Gasteiger partial charge in [0.15, 0.2) is 0 Å². The van der Waals surface area contributed by atoms with Crippen LogP contribution in [-0.2, 0) is 0 Å². The lowest BCUT2D eigenvalue weighted by molar-refractivity contribution is 0.109. The third kappa shape index (κ3) is 3.65. The number of piperidine rings is 1. The molecular formula is C28H29N3. The van der Waals surface area contributed by atoms with E-state index in [1.165, 1.54) is 47.0 Å². The maximum absolute atomic E-state index is 5.05. The quantitative estimate of drug-likeness (QED) is 0.337. The molecule has 0 spiro atoms. The monoisotopic (exact) mass is 407 g/mol. The Labute approximate surface area is 184 Å². The lowest BCUT2D eigenvalue weighted by atomic mass is 10.00. The predicted molar refractivity (Wildman–Crippen MR) is 131 cm³/mol. The number of benzene rings is 3. The van der Waals surface area contributed by atoms with Gasteiger partial charge in [0.05, 0.1) is 17.4 Å². The maximum atomic E-state index is 5.05. The number of rotatable bonds is 4. The number of hydrogen-bond donors (Lipinski definition) is 0. The van der Waals surface area contributed by atoms with Crippen LogP contribution in [0.3, 0.4) is 0 Å². The third-order valence-corrected chi connectivity index (χ3v) is 6.44. The van der Waals surface area contributed by atoms with Crippen molar-refractivity contribution in [3.8, 4) is 16.9 Å². The molecular weight excluding hydrogens is 378 g/mol. The molecule has 4 aromatic rings. The second-order valence-electron chi connectivity index (χ2n) is 8.57. The van der Waals surface area contributed by atoms with E-state index in [1.54, 1.807) is 0 Å². The topological polar surface area (TPSA) is 20.5 Å². The summed E-state index contributed by atoms with van der Waals surface area (Å²) >= 11 is 0. The van der Waals surface area contributed by atoms with E-state index in [1.807, 2.05) is 0 Å². The molecule has 0 bridgehead atoms. The van der Waals surface area contributed by atoms with Crippen molar-refractivity contribution in [2.75, 3.05) is 0 Å². The molecule has 3 aromatic carbocycles. The molecule has 0 N–H and O–H groups in total. The van der Waals surface area contributed by atoms with Crippen LogP contribution in [-0.4, -0.2) is 27.9 Å². The second-order valence-corrected chi connectivity index (χ2v) is 8.57. The van der Waals surface area contributed by atoms with Crippen LogP contribution < -0.4 is 0 Å². The minimum atomic E-state index is 0.475. The van der Waals surface area contributed by atoms with Crippen molar-refractivity contribution in [3.63, 3.8) is 0 Å². The molecule has 156 valence electrons. The zero-order valence-corrected chi connectivity index (χ0v) is 18.3. The highest BCUT2D eigenvalue weighted by Crippen LogP contribution is 2.36. The van der Waals surface area contributed by atoms with Crippen molar-refractivity contribution in [3.05, 3.63) is 90.5 Å². The molecule has 1 aliphatic heterocycles. The van der Waals surface area contributed by atoms with Gasteiger partial charge in [0.25, 0.3) is 0 Å². The Morgan fingerprint density at radius 3 is 2.10 bits per heavy atom. The first-order chi connectivity index (χ1) is 15.2. The SMILES string of the molecule is CC1CCCC(C)N1N=Cc1c(-c2ccccc2)n(-c2ccccc2)c2ccccc12. The van der Waals surface area contributed by atoms with Crippen LogP contribution in [0, 0.1) is 0 Å². The highest BCUT2D eigenvalue weighted by Gasteiger charge is 2.24. The lowest BCUT2D eigenvalue weighted by Gasteiger charge is -2.36. The summed E-state index contributed by atoms with van der Waals surface area (Å²) in [7, 11) is 0. The van der Waals surface area contributed by atoms with Gasteiger partial charge in [0, 0.05) is 28.7 Å². The standard InChI is InChI=1S/C28H29N3/c1-21-12-11-13-22(2)31(21)29-20-26-25-18-9-10-19-27(25)30(24-16-7-4-8-17-24)28(26)23-14-5-3-6-15-23/h3-10,14-22H,11-13H2,1-2H3. The van der Waals surface area contributed by atoms with Gasteiger partial charge in [-0.05, 0) is 56.9 Å². The highest BCUT2D eigenvalue weighted by atomic mass is 15.5. The van der Waals surface area contributed by atoms with Crippen LogP contribution in [0.25, 0.3) is 27.8 Å². The van der Waals surface area contributed by atoms with Crippen molar-refractivity contribution in [2.24, 2.45) is 5.10 Å². The van der Waals surface area contributed by atoms with Gasteiger partial charge in [-0.1, -0.05) is 66.7 Å². The summed E-state index contributed by atoms with van der Waals surface area (Å²) in [6, 6.07) is 30.9. The molecule has 1 aliphatic rings. The van der Waals surface area contributed by atoms with Crippen LogP contribution in [0.4, 0.5) is 0 Å². The fourth-order valence-corrected chi connectivity index (χ4v) is 4.88. The molecule has 31 heavy (non-hydrogen) atoms. The van der Waals surface area contributed by atoms with E-state index in [9.17, 15) is 0 Å². The number of hydrazone groups is 1. The third-order valence-electron chi connectivity index (χ3n) is 6.44. The molecule has 3 nitrogen and oxygen atoms in total. The van der Waals surface area contributed by atoms with E-state index < -0.39 is 0 Å². The van der Waals surface area contributed by atoms with E-state index >= 15 is 0 Å². The molecule has 0 aliphatic carbocycles.